The molecule has 34 heavy (non-hydrogen) atoms. The van der Waals surface area contributed by atoms with Crippen LogP contribution in [0.3, 0.4) is 0 Å². The van der Waals surface area contributed by atoms with Crippen LogP contribution in [0.15, 0.2) is 77.7 Å². The number of hydrogen-bond acceptors (Lipinski definition) is 5. The van der Waals surface area contributed by atoms with Gasteiger partial charge in [0.25, 0.3) is 15.7 Å². The minimum atomic E-state index is -3.77. The highest BCUT2D eigenvalue weighted by atomic mass is 32.2. The minimum absolute atomic E-state index is 0.0244. The van der Waals surface area contributed by atoms with Gasteiger partial charge in [0, 0.05) is 23.7 Å². The Morgan fingerprint density at radius 1 is 1.06 bits per heavy atom. The number of non-ortho nitro benzene ring substituents is 1. The highest BCUT2D eigenvalue weighted by Gasteiger charge is 2.38. The second-order valence-electron chi connectivity index (χ2n) is 9.00. The van der Waals surface area contributed by atoms with Crippen LogP contribution >= 0.6 is 0 Å². The van der Waals surface area contributed by atoms with Gasteiger partial charge in [-0.15, -0.1) is 0 Å². The van der Waals surface area contributed by atoms with Crippen LogP contribution in [-0.4, -0.2) is 13.3 Å². The summed E-state index contributed by atoms with van der Waals surface area (Å²) in [5.74, 6) is 0.163. The highest BCUT2D eigenvalue weighted by molar-refractivity contribution is 7.92. The molecule has 1 aliphatic heterocycles. The topological polar surface area (TPSA) is 101 Å². The maximum absolute atomic E-state index is 13.2. The third-order valence-corrected chi connectivity index (χ3v) is 8.09. The number of nitro groups is 1. The molecule has 3 aromatic rings. The predicted octanol–water partition coefficient (Wildman–Crippen LogP) is 5.84. The van der Waals surface area contributed by atoms with Crippen molar-refractivity contribution in [3.8, 4) is 0 Å². The smallest absolute Gasteiger partial charge is 0.269 e. The van der Waals surface area contributed by atoms with Crippen molar-refractivity contribution in [2.45, 2.75) is 37.1 Å². The Morgan fingerprint density at radius 3 is 2.68 bits per heavy atom. The van der Waals surface area contributed by atoms with E-state index in [1.807, 2.05) is 38.1 Å². The second-order valence-corrected chi connectivity index (χ2v) is 10.7. The molecule has 1 aliphatic carbocycles. The number of fused-ring (bicyclic) bond motifs is 3. The lowest BCUT2D eigenvalue weighted by Gasteiger charge is -2.37. The van der Waals surface area contributed by atoms with Gasteiger partial charge in [0.1, 0.15) is 0 Å². The number of nitrogens with zero attached hydrogens (tertiary/aromatic N) is 1. The van der Waals surface area contributed by atoms with Crippen molar-refractivity contribution in [3.05, 3.63) is 105 Å². The van der Waals surface area contributed by atoms with E-state index in [0.717, 1.165) is 34.4 Å². The number of nitrogens with one attached hydrogen (secondary N) is 2. The first-order valence-electron chi connectivity index (χ1n) is 11.1. The van der Waals surface area contributed by atoms with E-state index in [9.17, 15) is 18.5 Å². The molecule has 2 N–H and O–H groups in total. The quantitative estimate of drug-likeness (QED) is 0.274. The third-order valence-electron chi connectivity index (χ3n) is 6.72. The van der Waals surface area contributed by atoms with Gasteiger partial charge in [0.05, 0.1) is 21.5 Å². The highest BCUT2D eigenvalue weighted by Crippen LogP contribution is 2.50. The van der Waals surface area contributed by atoms with Gasteiger partial charge in [-0.25, -0.2) is 8.42 Å². The van der Waals surface area contributed by atoms with Crippen molar-refractivity contribution in [2.24, 2.45) is 5.92 Å². The lowest BCUT2D eigenvalue weighted by Crippen LogP contribution is -2.29. The number of aryl methyl sites for hydroxylation is 2. The molecule has 0 radical (unpaired) electrons. The minimum Gasteiger partial charge on any atom is -0.378 e. The molecular formula is C26H25N3O4S. The molecule has 0 unspecified atom stereocenters. The van der Waals surface area contributed by atoms with E-state index in [0.29, 0.717) is 5.69 Å². The Labute approximate surface area is 198 Å². The molecule has 8 heteroatoms. The summed E-state index contributed by atoms with van der Waals surface area (Å²) in [4.78, 5) is 11.1. The zero-order valence-corrected chi connectivity index (χ0v) is 19.7. The maximum atomic E-state index is 13.2. The van der Waals surface area contributed by atoms with Crippen molar-refractivity contribution in [1.29, 1.82) is 0 Å². The summed E-state index contributed by atoms with van der Waals surface area (Å²) < 4.78 is 29.2. The number of allylic oxidation sites excluding steroid dienone is 2. The Bertz CT molecular complexity index is 1430. The van der Waals surface area contributed by atoms with E-state index in [4.69, 9.17) is 0 Å². The van der Waals surface area contributed by atoms with E-state index in [1.54, 1.807) is 30.3 Å². The molecule has 0 saturated heterocycles. The van der Waals surface area contributed by atoms with Crippen molar-refractivity contribution in [1.82, 2.24) is 0 Å². The van der Waals surface area contributed by atoms with Gasteiger partial charge >= 0.3 is 0 Å². The standard InChI is InChI=1S/C26H25N3O4S/c1-16-9-10-17(2)25(13-16)28-34(32,33)20-11-12-24-23(15-20)21-7-4-8-22(21)26(27-24)18-5-3-6-19(14-18)29(30)31/h3-7,9-15,21-22,26-28H,8H2,1-2H3/t21-,22+,26+/m0/s1. The van der Waals surface area contributed by atoms with E-state index in [2.05, 4.69) is 22.2 Å². The molecule has 0 aromatic heterocycles. The first-order chi connectivity index (χ1) is 16.2. The second kappa shape index (κ2) is 8.29. The summed E-state index contributed by atoms with van der Waals surface area (Å²) in [6.45, 7) is 3.79. The fourth-order valence-corrected chi connectivity index (χ4v) is 6.11. The number of rotatable bonds is 5. The van der Waals surface area contributed by atoms with E-state index in [-0.39, 0.29) is 33.4 Å². The number of anilines is 2. The Balaban J connectivity index is 1.50. The van der Waals surface area contributed by atoms with Gasteiger partial charge in [-0.3, -0.25) is 14.8 Å². The van der Waals surface area contributed by atoms with Crippen molar-refractivity contribution in [3.63, 3.8) is 0 Å². The SMILES string of the molecule is Cc1ccc(C)c(NS(=O)(=O)c2ccc3c(c2)[C@H]2C=CC[C@H]2[C@@H](c2cccc([N+](=O)[O-])c2)N3)c1. The fourth-order valence-electron chi connectivity index (χ4n) is 4.95. The molecule has 1 heterocycles. The first-order valence-corrected chi connectivity index (χ1v) is 12.6. The van der Waals surface area contributed by atoms with Crippen LogP contribution in [0.1, 0.15) is 40.6 Å². The maximum Gasteiger partial charge on any atom is 0.269 e. The van der Waals surface area contributed by atoms with Crippen molar-refractivity contribution >= 4 is 27.1 Å². The van der Waals surface area contributed by atoms with Crippen LogP contribution < -0.4 is 10.0 Å². The average molecular weight is 476 g/mol. The first kappa shape index (κ1) is 22.2. The van der Waals surface area contributed by atoms with Crippen LogP contribution in [0.5, 0.6) is 0 Å². The third kappa shape index (κ3) is 3.94. The van der Waals surface area contributed by atoms with Crippen molar-refractivity contribution in [2.75, 3.05) is 10.0 Å². The summed E-state index contributed by atoms with van der Waals surface area (Å²) in [5.41, 5.74) is 5.08. The molecule has 2 aliphatic rings. The van der Waals surface area contributed by atoms with Gasteiger partial charge in [-0.05, 0) is 72.7 Å². The summed E-state index contributed by atoms with van der Waals surface area (Å²) >= 11 is 0. The van der Waals surface area contributed by atoms with E-state index in [1.165, 1.54) is 6.07 Å². The average Bonchev–Trinajstić information content (AvgIpc) is 3.31. The molecule has 0 fully saturated rings. The van der Waals surface area contributed by atoms with Crippen LogP contribution in [0.2, 0.25) is 0 Å². The monoisotopic (exact) mass is 475 g/mol. The number of sulfonamides is 1. The number of nitro benzene ring substituents is 1. The largest absolute Gasteiger partial charge is 0.378 e. The van der Waals surface area contributed by atoms with Gasteiger partial charge in [-0.1, -0.05) is 36.4 Å². The van der Waals surface area contributed by atoms with Gasteiger partial charge in [-0.2, -0.15) is 0 Å². The summed E-state index contributed by atoms with van der Waals surface area (Å²) in [6, 6.07) is 17.4. The van der Waals surface area contributed by atoms with Gasteiger partial charge in [0.2, 0.25) is 0 Å². The van der Waals surface area contributed by atoms with E-state index < -0.39 is 10.0 Å². The van der Waals surface area contributed by atoms with Crippen LogP contribution in [0.4, 0.5) is 17.1 Å². The van der Waals surface area contributed by atoms with Crippen LogP contribution in [-0.2, 0) is 10.0 Å². The Morgan fingerprint density at radius 2 is 1.88 bits per heavy atom. The molecule has 0 bridgehead atoms. The molecule has 7 nitrogen and oxygen atoms in total. The molecule has 3 aromatic carbocycles. The molecule has 3 atom stereocenters. The van der Waals surface area contributed by atoms with Gasteiger partial charge < -0.3 is 5.32 Å². The van der Waals surface area contributed by atoms with E-state index >= 15 is 0 Å². The normalized spacial score (nSPS) is 20.8. The molecule has 0 spiro atoms. The molecule has 0 amide bonds. The van der Waals surface area contributed by atoms with Crippen LogP contribution in [0.25, 0.3) is 0 Å². The predicted molar refractivity (Wildman–Crippen MR) is 133 cm³/mol. The molecule has 174 valence electrons. The molecular weight excluding hydrogens is 450 g/mol. The lowest BCUT2D eigenvalue weighted by molar-refractivity contribution is -0.384. The number of hydrogen-bond donors (Lipinski definition) is 2. The zero-order valence-electron chi connectivity index (χ0n) is 18.9. The summed E-state index contributed by atoms with van der Waals surface area (Å²) in [5, 5.41) is 14.8. The lowest BCUT2D eigenvalue weighted by atomic mass is 9.77. The Hall–Kier alpha value is -3.65. The van der Waals surface area contributed by atoms with Gasteiger partial charge in [0.15, 0.2) is 0 Å². The molecule has 0 saturated carbocycles. The fraction of sp³-hybridized carbons (Fsp3) is 0.231. The van der Waals surface area contributed by atoms with Crippen molar-refractivity contribution < 1.29 is 13.3 Å². The summed E-state index contributed by atoms with van der Waals surface area (Å²) in [6.07, 6.45) is 5.03. The van der Waals surface area contributed by atoms with Crippen LogP contribution in [0, 0.1) is 29.9 Å². The number of benzene rings is 3. The molecule has 5 rings (SSSR count). The summed E-state index contributed by atoms with van der Waals surface area (Å²) in [7, 11) is -3.77. The Kier molecular flexibility index (Phi) is 5.40. The zero-order chi connectivity index (χ0) is 24.0.